The maximum Gasteiger partial charge on any atom is 0.257 e. The highest BCUT2D eigenvalue weighted by atomic mass is 19.1. The Hall–Kier alpha value is -2.89. The quantitative estimate of drug-likeness (QED) is 0.900. The van der Waals surface area contributed by atoms with Crippen LogP contribution >= 0.6 is 0 Å². The van der Waals surface area contributed by atoms with Gasteiger partial charge in [-0.3, -0.25) is 9.59 Å². The van der Waals surface area contributed by atoms with E-state index in [1.54, 1.807) is 22.8 Å². The lowest BCUT2D eigenvalue weighted by Crippen LogP contribution is -2.50. The van der Waals surface area contributed by atoms with Gasteiger partial charge in [0.05, 0.1) is 5.56 Å². The summed E-state index contributed by atoms with van der Waals surface area (Å²) in [6.45, 7) is 5.22. The first kappa shape index (κ1) is 17.9. The maximum atomic E-state index is 13.0. The number of carbonyl (C=O) groups excluding carboxylic acids is 2. The molecule has 1 N–H and O–H groups in total. The third kappa shape index (κ3) is 3.40. The summed E-state index contributed by atoms with van der Waals surface area (Å²) in [5.41, 5.74) is 2.33. The summed E-state index contributed by atoms with van der Waals surface area (Å²) in [6, 6.07) is 8.89. The van der Waals surface area contributed by atoms with Crippen molar-refractivity contribution in [2.24, 2.45) is 0 Å². The Bertz CT molecular complexity index is 841. The fraction of sp³-hybridized carbons (Fsp3) is 0.300. The van der Waals surface area contributed by atoms with Crippen LogP contribution in [0.4, 0.5) is 4.39 Å². The van der Waals surface area contributed by atoms with Crippen LogP contribution in [0.5, 0.6) is 5.75 Å². The van der Waals surface area contributed by atoms with Gasteiger partial charge >= 0.3 is 0 Å². The number of rotatable bonds is 2. The minimum absolute atomic E-state index is 0.0137. The number of hydrogen-bond acceptors (Lipinski definition) is 3. The van der Waals surface area contributed by atoms with Crippen molar-refractivity contribution in [2.75, 3.05) is 26.2 Å². The first-order valence-electron chi connectivity index (χ1n) is 8.52. The number of phenols is 1. The fourth-order valence-electron chi connectivity index (χ4n) is 3.03. The molecule has 1 saturated heterocycles. The van der Waals surface area contributed by atoms with Crippen LogP contribution in [0.2, 0.25) is 0 Å². The van der Waals surface area contributed by atoms with Gasteiger partial charge in [0.15, 0.2) is 0 Å². The molecule has 6 heteroatoms. The summed E-state index contributed by atoms with van der Waals surface area (Å²) in [5, 5.41) is 10.2. The van der Waals surface area contributed by atoms with Gasteiger partial charge in [-0.2, -0.15) is 0 Å². The van der Waals surface area contributed by atoms with Gasteiger partial charge in [0.25, 0.3) is 11.8 Å². The van der Waals surface area contributed by atoms with Gasteiger partial charge in [0, 0.05) is 31.7 Å². The molecule has 2 aromatic rings. The zero-order valence-electron chi connectivity index (χ0n) is 14.8. The number of hydrogen-bond donors (Lipinski definition) is 1. The van der Waals surface area contributed by atoms with Crippen molar-refractivity contribution in [3.05, 3.63) is 64.5 Å². The smallest absolute Gasteiger partial charge is 0.257 e. The molecule has 5 nitrogen and oxygen atoms in total. The van der Waals surface area contributed by atoms with E-state index in [-0.39, 0.29) is 28.9 Å². The average Bonchev–Trinajstić information content (AvgIpc) is 2.66. The lowest BCUT2D eigenvalue weighted by molar-refractivity contribution is 0.0533. The zero-order chi connectivity index (χ0) is 18.8. The molecule has 136 valence electrons. The predicted octanol–water partition coefficient (Wildman–Crippen LogP) is 2.75. The second-order valence-corrected chi connectivity index (χ2v) is 6.49. The number of halogens is 1. The fourth-order valence-corrected chi connectivity index (χ4v) is 3.03. The lowest BCUT2D eigenvalue weighted by atomic mass is 10.0. The Morgan fingerprint density at radius 2 is 1.42 bits per heavy atom. The third-order valence-corrected chi connectivity index (χ3v) is 4.88. The van der Waals surface area contributed by atoms with Crippen LogP contribution in [-0.2, 0) is 0 Å². The minimum Gasteiger partial charge on any atom is -0.507 e. The molecule has 1 fully saturated rings. The number of aromatic hydroxyl groups is 1. The third-order valence-electron chi connectivity index (χ3n) is 4.88. The van der Waals surface area contributed by atoms with Crippen LogP contribution < -0.4 is 0 Å². The Kier molecular flexibility index (Phi) is 4.93. The highest BCUT2D eigenvalue weighted by Gasteiger charge is 2.27. The van der Waals surface area contributed by atoms with Crippen molar-refractivity contribution in [2.45, 2.75) is 13.8 Å². The average molecular weight is 356 g/mol. The molecule has 0 atom stereocenters. The van der Waals surface area contributed by atoms with Gasteiger partial charge in [0.1, 0.15) is 11.6 Å². The minimum atomic E-state index is -0.384. The van der Waals surface area contributed by atoms with Crippen molar-refractivity contribution >= 4 is 11.8 Å². The maximum absolute atomic E-state index is 13.0. The second-order valence-electron chi connectivity index (χ2n) is 6.49. The van der Waals surface area contributed by atoms with E-state index in [0.717, 1.165) is 5.56 Å². The standard InChI is InChI=1S/C20H21FN2O3/c1-13-3-8-17(18(24)14(13)2)20(26)23-11-9-22(10-12-23)19(25)15-4-6-16(21)7-5-15/h3-8,24H,9-12H2,1-2H3. The first-order chi connectivity index (χ1) is 12.4. The Balaban J connectivity index is 1.67. The molecule has 0 aromatic heterocycles. The zero-order valence-corrected chi connectivity index (χ0v) is 14.8. The highest BCUT2D eigenvalue weighted by Crippen LogP contribution is 2.26. The molecule has 0 saturated carbocycles. The van der Waals surface area contributed by atoms with E-state index >= 15 is 0 Å². The number of carbonyl (C=O) groups is 2. The Morgan fingerprint density at radius 1 is 0.885 bits per heavy atom. The molecule has 0 bridgehead atoms. The van der Waals surface area contributed by atoms with E-state index < -0.39 is 0 Å². The first-order valence-corrected chi connectivity index (χ1v) is 8.52. The molecule has 1 heterocycles. The highest BCUT2D eigenvalue weighted by molar-refractivity contribution is 5.98. The molecule has 0 spiro atoms. The topological polar surface area (TPSA) is 60.9 Å². The normalized spacial score (nSPS) is 14.4. The SMILES string of the molecule is Cc1ccc(C(=O)N2CCN(C(=O)c3ccc(F)cc3)CC2)c(O)c1C. The van der Waals surface area contributed by atoms with Crippen LogP contribution in [-0.4, -0.2) is 52.9 Å². The molecular formula is C20H21FN2O3. The van der Waals surface area contributed by atoms with Gasteiger partial charge in [-0.15, -0.1) is 0 Å². The van der Waals surface area contributed by atoms with Gasteiger partial charge in [-0.1, -0.05) is 6.07 Å². The molecule has 26 heavy (non-hydrogen) atoms. The van der Waals surface area contributed by atoms with Gasteiger partial charge in [0.2, 0.25) is 0 Å². The van der Waals surface area contributed by atoms with Crippen molar-refractivity contribution in [1.29, 1.82) is 0 Å². The van der Waals surface area contributed by atoms with Crippen LogP contribution in [0.15, 0.2) is 36.4 Å². The van der Waals surface area contributed by atoms with Crippen LogP contribution in [0.3, 0.4) is 0 Å². The van der Waals surface area contributed by atoms with Crippen molar-refractivity contribution in [3.8, 4) is 5.75 Å². The largest absolute Gasteiger partial charge is 0.507 e. The molecular weight excluding hydrogens is 335 g/mol. The Morgan fingerprint density at radius 3 is 2.00 bits per heavy atom. The summed E-state index contributed by atoms with van der Waals surface area (Å²) in [5.74, 6) is -0.782. The number of phenolic OH excluding ortho intramolecular Hbond substituents is 1. The van der Waals surface area contributed by atoms with Crippen molar-refractivity contribution in [3.63, 3.8) is 0 Å². The summed E-state index contributed by atoms with van der Waals surface area (Å²) >= 11 is 0. The van der Waals surface area contributed by atoms with E-state index in [0.29, 0.717) is 37.3 Å². The summed E-state index contributed by atoms with van der Waals surface area (Å²) < 4.78 is 13.0. The van der Waals surface area contributed by atoms with E-state index in [1.807, 2.05) is 13.0 Å². The molecule has 0 radical (unpaired) electrons. The Labute approximate surface area is 151 Å². The predicted molar refractivity (Wildman–Crippen MR) is 95.8 cm³/mol. The van der Waals surface area contributed by atoms with Crippen molar-refractivity contribution in [1.82, 2.24) is 9.80 Å². The van der Waals surface area contributed by atoms with E-state index in [9.17, 15) is 19.1 Å². The second kappa shape index (κ2) is 7.15. The van der Waals surface area contributed by atoms with Crippen molar-refractivity contribution < 1.29 is 19.1 Å². The number of aryl methyl sites for hydroxylation is 1. The van der Waals surface area contributed by atoms with E-state index in [2.05, 4.69) is 0 Å². The van der Waals surface area contributed by atoms with E-state index in [1.165, 1.54) is 24.3 Å². The summed E-state index contributed by atoms with van der Waals surface area (Å²) in [4.78, 5) is 28.4. The van der Waals surface area contributed by atoms with Gasteiger partial charge in [-0.25, -0.2) is 4.39 Å². The molecule has 2 aromatic carbocycles. The molecule has 1 aliphatic rings. The molecule has 3 rings (SSSR count). The monoisotopic (exact) mass is 356 g/mol. The van der Waals surface area contributed by atoms with Gasteiger partial charge in [-0.05, 0) is 55.3 Å². The van der Waals surface area contributed by atoms with Crippen LogP contribution in [0.1, 0.15) is 31.8 Å². The number of nitrogens with zero attached hydrogens (tertiary/aromatic N) is 2. The molecule has 0 unspecified atom stereocenters. The summed E-state index contributed by atoms with van der Waals surface area (Å²) in [7, 11) is 0. The number of piperazine rings is 1. The molecule has 2 amide bonds. The van der Waals surface area contributed by atoms with Crippen LogP contribution in [0, 0.1) is 19.7 Å². The van der Waals surface area contributed by atoms with Gasteiger partial charge < -0.3 is 14.9 Å². The molecule has 0 aliphatic carbocycles. The lowest BCUT2D eigenvalue weighted by Gasteiger charge is -2.35. The van der Waals surface area contributed by atoms with E-state index in [4.69, 9.17) is 0 Å². The van der Waals surface area contributed by atoms with Crippen LogP contribution in [0.25, 0.3) is 0 Å². The summed E-state index contributed by atoms with van der Waals surface area (Å²) in [6.07, 6.45) is 0. The molecule has 1 aliphatic heterocycles. The number of benzene rings is 2. The number of amides is 2.